The maximum atomic E-state index is 12.1. The molecule has 0 saturated heterocycles. The lowest BCUT2D eigenvalue weighted by Gasteiger charge is -2.17. The van der Waals surface area contributed by atoms with Gasteiger partial charge in [-0.15, -0.1) is 13.2 Å². The summed E-state index contributed by atoms with van der Waals surface area (Å²) in [5, 5.41) is 9.07. The number of rotatable bonds is 5. The molecule has 0 aliphatic heterocycles. The molecule has 1 rings (SSSR count). The zero-order chi connectivity index (χ0) is 14.5. The molecule has 2 nitrogen and oxygen atoms in total. The molecule has 0 amide bonds. The lowest BCUT2D eigenvalue weighted by molar-refractivity contribution is -0.274. The maximum Gasteiger partial charge on any atom is 0.573 e. The summed E-state index contributed by atoms with van der Waals surface area (Å²) >= 11 is 0. The zero-order valence-electron chi connectivity index (χ0n) is 10.9. The highest BCUT2D eigenvalue weighted by Gasteiger charge is 2.31. The average molecular weight is 271 g/mol. The maximum absolute atomic E-state index is 12.1. The van der Waals surface area contributed by atoms with Gasteiger partial charge >= 0.3 is 6.36 Å². The SMILES string of the molecule is CCCC(CC)c1ccc(OC(F)(F)F)cc1C#N. The quantitative estimate of drug-likeness (QED) is 0.774. The highest BCUT2D eigenvalue weighted by molar-refractivity contribution is 5.45. The summed E-state index contributed by atoms with van der Waals surface area (Å²) in [5.74, 6) is -0.154. The molecule has 0 N–H and O–H groups in total. The van der Waals surface area contributed by atoms with Crippen LogP contribution in [0.25, 0.3) is 0 Å². The van der Waals surface area contributed by atoms with Crippen molar-refractivity contribution in [3.63, 3.8) is 0 Å². The van der Waals surface area contributed by atoms with E-state index in [9.17, 15) is 13.2 Å². The van der Waals surface area contributed by atoms with E-state index in [0.29, 0.717) is 0 Å². The van der Waals surface area contributed by atoms with Gasteiger partial charge in [-0.05, 0) is 36.5 Å². The molecule has 1 unspecified atom stereocenters. The summed E-state index contributed by atoms with van der Waals surface area (Å²) in [6, 6.07) is 5.93. The monoisotopic (exact) mass is 271 g/mol. The Labute approximate surface area is 110 Å². The Morgan fingerprint density at radius 2 is 2.00 bits per heavy atom. The molecule has 0 radical (unpaired) electrons. The molecule has 1 aromatic rings. The van der Waals surface area contributed by atoms with Gasteiger partial charge in [-0.25, -0.2) is 0 Å². The third-order valence-corrected chi connectivity index (χ3v) is 2.95. The van der Waals surface area contributed by atoms with Crippen LogP contribution in [0, 0.1) is 11.3 Å². The molecule has 0 saturated carbocycles. The second-order valence-electron chi connectivity index (χ2n) is 4.30. The molecule has 1 atom stereocenters. The standard InChI is InChI=1S/C14H16F3NO/c1-3-5-10(4-2)13-7-6-12(8-11(13)9-18)19-14(15,16)17/h6-8,10H,3-5H2,1-2H3. The molecule has 0 aliphatic carbocycles. The third kappa shape index (κ3) is 4.47. The van der Waals surface area contributed by atoms with E-state index in [1.54, 1.807) is 6.07 Å². The fourth-order valence-corrected chi connectivity index (χ4v) is 2.11. The first kappa shape index (κ1) is 15.4. The molecule has 104 valence electrons. The second kappa shape index (κ2) is 6.46. The summed E-state index contributed by atoms with van der Waals surface area (Å²) < 4.78 is 40.2. The molecule has 0 heterocycles. The Balaban J connectivity index is 3.06. The summed E-state index contributed by atoms with van der Waals surface area (Å²) in [6.07, 6.45) is -2.02. The minimum atomic E-state index is -4.73. The predicted octanol–water partition coefficient (Wildman–Crippen LogP) is 4.75. The number of nitriles is 1. The van der Waals surface area contributed by atoms with Crippen LogP contribution in [-0.2, 0) is 0 Å². The van der Waals surface area contributed by atoms with Crippen LogP contribution in [0.2, 0.25) is 0 Å². The van der Waals surface area contributed by atoms with Crippen molar-refractivity contribution in [2.24, 2.45) is 0 Å². The first-order chi connectivity index (χ1) is 8.91. The van der Waals surface area contributed by atoms with Crippen molar-refractivity contribution < 1.29 is 17.9 Å². The van der Waals surface area contributed by atoms with Crippen LogP contribution in [0.15, 0.2) is 18.2 Å². The van der Waals surface area contributed by atoms with Gasteiger partial charge in [0.05, 0.1) is 11.6 Å². The Bertz CT molecular complexity index is 463. The van der Waals surface area contributed by atoms with Crippen molar-refractivity contribution >= 4 is 0 Å². The van der Waals surface area contributed by atoms with Crippen LogP contribution < -0.4 is 4.74 Å². The summed E-state index contributed by atoms with van der Waals surface area (Å²) in [6.45, 7) is 4.04. The van der Waals surface area contributed by atoms with Crippen LogP contribution >= 0.6 is 0 Å². The van der Waals surface area contributed by atoms with E-state index in [4.69, 9.17) is 5.26 Å². The van der Waals surface area contributed by atoms with E-state index >= 15 is 0 Å². The van der Waals surface area contributed by atoms with Crippen molar-refractivity contribution in [1.82, 2.24) is 0 Å². The second-order valence-corrected chi connectivity index (χ2v) is 4.30. The van der Waals surface area contributed by atoms with Crippen LogP contribution in [0.4, 0.5) is 13.2 Å². The van der Waals surface area contributed by atoms with Gasteiger partial charge in [0.25, 0.3) is 0 Å². The van der Waals surface area contributed by atoms with Gasteiger partial charge in [-0.3, -0.25) is 0 Å². The summed E-state index contributed by atoms with van der Waals surface area (Å²) in [7, 11) is 0. The van der Waals surface area contributed by atoms with Gasteiger partial charge in [0.15, 0.2) is 0 Å². The number of hydrogen-bond donors (Lipinski definition) is 0. The van der Waals surface area contributed by atoms with E-state index in [0.717, 1.165) is 30.9 Å². The first-order valence-electron chi connectivity index (χ1n) is 6.21. The molecule has 0 fully saturated rings. The minimum Gasteiger partial charge on any atom is -0.406 e. The average Bonchev–Trinajstić information content (AvgIpc) is 2.34. The number of ether oxygens (including phenoxy) is 1. The van der Waals surface area contributed by atoms with E-state index in [2.05, 4.69) is 4.74 Å². The predicted molar refractivity (Wildman–Crippen MR) is 65.8 cm³/mol. The third-order valence-electron chi connectivity index (χ3n) is 2.95. The number of halogens is 3. The molecule has 0 bridgehead atoms. The molecular formula is C14H16F3NO. The Hall–Kier alpha value is -1.70. The van der Waals surface area contributed by atoms with Crippen molar-refractivity contribution in [2.45, 2.75) is 45.4 Å². The largest absolute Gasteiger partial charge is 0.573 e. The van der Waals surface area contributed by atoms with Crippen LogP contribution in [-0.4, -0.2) is 6.36 Å². The van der Waals surface area contributed by atoms with Crippen LogP contribution in [0.5, 0.6) is 5.75 Å². The normalized spacial score (nSPS) is 12.8. The molecule has 5 heteroatoms. The van der Waals surface area contributed by atoms with Gasteiger partial charge in [-0.1, -0.05) is 26.3 Å². The van der Waals surface area contributed by atoms with Gasteiger partial charge in [0.1, 0.15) is 5.75 Å². The molecule has 0 aliphatic rings. The highest BCUT2D eigenvalue weighted by atomic mass is 19.4. The molecule has 19 heavy (non-hydrogen) atoms. The molecular weight excluding hydrogens is 255 g/mol. The van der Waals surface area contributed by atoms with E-state index in [1.807, 2.05) is 19.9 Å². The number of hydrogen-bond acceptors (Lipinski definition) is 2. The number of nitrogens with zero attached hydrogens (tertiary/aromatic N) is 1. The molecule has 0 spiro atoms. The van der Waals surface area contributed by atoms with Crippen LogP contribution in [0.1, 0.15) is 50.2 Å². The molecule has 1 aromatic carbocycles. The van der Waals surface area contributed by atoms with Gasteiger partial charge < -0.3 is 4.74 Å². The fourth-order valence-electron chi connectivity index (χ4n) is 2.11. The van der Waals surface area contributed by atoms with Crippen molar-refractivity contribution in [2.75, 3.05) is 0 Å². The van der Waals surface area contributed by atoms with Gasteiger partial charge in [-0.2, -0.15) is 5.26 Å². The highest BCUT2D eigenvalue weighted by Crippen LogP contribution is 2.31. The van der Waals surface area contributed by atoms with Gasteiger partial charge in [0, 0.05) is 0 Å². The van der Waals surface area contributed by atoms with Gasteiger partial charge in [0.2, 0.25) is 0 Å². The van der Waals surface area contributed by atoms with E-state index in [1.165, 1.54) is 6.07 Å². The smallest absolute Gasteiger partial charge is 0.406 e. The lowest BCUT2D eigenvalue weighted by atomic mass is 9.89. The van der Waals surface area contributed by atoms with Crippen molar-refractivity contribution in [3.8, 4) is 11.8 Å². The van der Waals surface area contributed by atoms with Crippen molar-refractivity contribution in [1.29, 1.82) is 5.26 Å². The summed E-state index contributed by atoms with van der Waals surface area (Å²) in [4.78, 5) is 0. The topological polar surface area (TPSA) is 33.0 Å². The minimum absolute atomic E-state index is 0.194. The first-order valence-corrected chi connectivity index (χ1v) is 6.21. The van der Waals surface area contributed by atoms with Crippen LogP contribution in [0.3, 0.4) is 0 Å². The Kier molecular flexibility index (Phi) is 5.22. The Morgan fingerprint density at radius 1 is 1.32 bits per heavy atom. The van der Waals surface area contributed by atoms with Crippen molar-refractivity contribution in [3.05, 3.63) is 29.3 Å². The zero-order valence-corrected chi connectivity index (χ0v) is 10.9. The number of benzene rings is 1. The number of alkyl halides is 3. The fraction of sp³-hybridized carbons (Fsp3) is 0.500. The van der Waals surface area contributed by atoms with E-state index in [-0.39, 0.29) is 17.2 Å². The molecule has 0 aromatic heterocycles. The Morgan fingerprint density at radius 3 is 2.47 bits per heavy atom. The van der Waals surface area contributed by atoms with E-state index < -0.39 is 6.36 Å². The lowest BCUT2D eigenvalue weighted by Crippen LogP contribution is -2.17. The summed E-state index contributed by atoms with van der Waals surface area (Å²) in [5.41, 5.74) is 1.04.